The summed E-state index contributed by atoms with van der Waals surface area (Å²) in [5.74, 6) is 1.44. The number of rotatable bonds is 3. The molecule has 2 heterocycles. The maximum absolute atomic E-state index is 13.3. The molecule has 2 aromatic carbocycles. The van der Waals surface area contributed by atoms with Gasteiger partial charge < -0.3 is 9.47 Å². The van der Waals surface area contributed by atoms with Gasteiger partial charge in [0.25, 0.3) is 0 Å². The Morgan fingerprint density at radius 3 is 2.48 bits per heavy atom. The zero-order valence-electron chi connectivity index (χ0n) is 15.8. The van der Waals surface area contributed by atoms with E-state index in [1.807, 2.05) is 38.1 Å². The van der Waals surface area contributed by atoms with Gasteiger partial charge in [-0.05, 0) is 67.6 Å². The molecule has 27 heavy (non-hydrogen) atoms. The number of benzene rings is 2. The molecule has 0 N–H and O–H groups in total. The van der Waals surface area contributed by atoms with Gasteiger partial charge in [-0.25, -0.2) is 8.42 Å². The number of sulfonamides is 1. The molecule has 2 aromatic rings. The van der Waals surface area contributed by atoms with E-state index in [-0.39, 0.29) is 6.04 Å². The molecule has 5 nitrogen and oxygen atoms in total. The first kappa shape index (κ1) is 18.3. The Hall–Kier alpha value is -2.05. The van der Waals surface area contributed by atoms with Crippen LogP contribution in [0.1, 0.15) is 42.0 Å². The molecule has 2 aliphatic rings. The first-order valence-corrected chi connectivity index (χ1v) is 10.9. The van der Waals surface area contributed by atoms with Crippen molar-refractivity contribution in [3.63, 3.8) is 0 Å². The molecule has 0 saturated carbocycles. The van der Waals surface area contributed by atoms with Crippen molar-refractivity contribution >= 4 is 10.0 Å². The Bertz CT molecular complexity index is 955. The Kier molecular flexibility index (Phi) is 4.86. The van der Waals surface area contributed by atoms with Gasteiger partial charge in [0.1, 0.15) is 0 Å². The van der Waals surface area contributed by atoms with Crippen molar-refractivity contribution in [2.24, 2.45) is 0 Å². The van der Waals surface area contributed by atoms with Gasteiger partial charge in [-0.15, -0.1) is 0 Å². The van der Waals surface area contributed by atoms with E-state index in [1.54, 1.807) is 16.4 Å². The van der Waals surface area contributed by atoms with Crippen LogP contribution in [0, 0.1) is 13.8 Å². The molecular weight excluding hydrogens is 362 g/mol. The summed E-state index contributed by atoms with van der Waals surface area (Å²) in [5.41, 5.74) is 3.04. The first-order valence-electron chi connectivity index (χ1n) is 9.45. The van der Waals surface area contributed by atoms with Crippen molar-refractivity contribution in [1.29, 1.82) is 0 Å². The predicted octanol–water partition coefficient (Wildman–Crippen LogP) is 3.99. The fraction of sp³-hybridized carbons (Fsp3) is 0.429. The minimum absolute atomic E-state index is 0.172. The van der Waals surface area contributed by atoms with Gasteiger partial charge >= 0.3 is 0 Å². The van der Waals surface area contributed by atoms with Crippen LogP contribution in [0.5, 0.6) is 11.5 Å². The van der Waals surface area contributed by atoms with Crippen LogP contribution >= 0.6 is 0 Å². The summed E-state index contributed by atoms with van der Waals surface area (Å²) in [5, 5.41) is 0. The molecule has 0 radical (unpaired) electrons. The Labute approximate surface area is 161 Å². The van der Waals surface area contributed by atoms with Crippen molar-refractivity contribution < 1.29 is 17.9 Å². The van der Waals surface area contributed by atoms with Crippen molar-refractivity contribution in [3.8, 4) is 11.5 Å². The van der Waals surface area contributed by atoms with Crippen molar-refractivity contribution in [1.82, 2.24) is 4.31 Å². The third-order valence-electron chi connectivity index (χ3n) is 5.44. The summed E-state index contributed by atoms with van der Waals surface area (Å²) < 4.78 is 39.7. The highest BCUT2D eigenvalue weighted by atomic mass is 32.2. The van der Waals surface area contributed by atoms with E-state index in [4.69, 9.17) is 9.47 Å². The van der Waals surface area contributed by atoms with E-state index in [2.05, 4.69) is 0 Å². The van der Waals surface area contributed by atoms with Gasteiger partial charge in [0.15, 0.2) is 11.5 Å². The molecule has 1 atom stereocenters. The standard InChI is InChI=1S/C21H25NO4S/c1-15-6-8-18(13-16(15)2)27(23,24)22-10-3-5-19(22)17-7-9-20-21(14-17)26-12-4-11-25-20/h6-9,13-14,19H,3-5,10-12H2,1-2H3/t19-/m0/s1. The molecule has 0 bridgehead atoms. The third kappa shape index (κ3) is 3.44. The number of ether oxygens (including phenoxy) is 2. The number of aryl methyl sites for hydroxylation is 2. The maximum atomic E-state index is 13.3. The first-order chi connectivity index (χ1) is 13.0. The summed E-state index contributed by atoms with van der Waals surface area (Å²) >= 11 is 0. The summed E-state index contributed by atoms with van der Waals surface area (Å²) in [7, 11) is -3.54. The van der Waals surface area contributed by atoms with Crippen LogP contribution in [0.15, 0.2) is 41.3 Å². The van der Waals surface area contributed by atoms with E-state index in [0.29, 0.717) is 30.4 Å². The fourth-order valence-corrected chi connectivity index (χ4v) is 5.53. The monoisotopic (exact) mass is 387 g/mol. The van der Waals surface area contributed by atoms with Crippen LogP contribution in [0.2, 0.25) is 0 Å². The van der Waals surface area contributed by atoms with Crippen LogP contribution in [0.3, 0.4) is 0 Å². The molecule has 1 saturated heterocycles. The Balaban J connectivity index is 1.68. The average molecular weight is 388 g/mol. The number of hydrogen-bond acceptors (Lipinski definition) is 4. The molecule has 0 amide bonds. The molecule has 4 rings (SSSR count). The van der Waals surface area contributed by atoms with Crippen molar-refractivity contribution in [3.05, 3.63) is 53.1 Å². The molecule has 144 valence electrons. The van der Waals surface area contributed by atoms with E-state index in [9.17, 15) is 8.42 Å². The van der Waals surface area contributed by atoms with Gasteiger partial charge in [0, 0.05) is 13.0 Å². The zero-order valence-corrected chi connectivity index (χ0v) is 16.6. The van der Waals surface area contributed by atoms with Crippen molar-refractivity contribution in [2.75, 3.05) is 19.8 Å². The quantitative estimate of drug-likeness (QED) is 0.799. The SMILES string of the molecule is Cc1ccc(S(=O)(=O)N2CCC[C@H]2c2ccc3c(c2)OCCCO3)cc1C. The fourth-order valence-electron chi connectivity index (χ4n) is 3.76. The molecule has 0 spiro atoms. The van der Waals surface area contributed by atoms with Gasteiger partial charge in [-0.1, -0.05) is 12.1 Å². The van der Waals surface area contributed by atoms with Crippen LogP contribution in [-0.4, -0.2) is 32.5 Å². The molecule has 0 unspecified atom stereocenters. The Morgan fingerprint density at radius 1 is 0.926 bits per heavy atom. The van der Waals surface area contributed by atoms with E-state index < -0.39 is 10.0 Å². The summed E-state index contributed by atoms with van der Waals surface area (Å²) in [6, 6.07) is 11.0. The number of hydrogen-bond donors (Lipinski definition) is 0. The third-order valence-corrected chi connectivity index (χ3v) is 7.35. The second kappa shape index (κ2) is 7.17. The lowest BCUT2D eigenvalue weighted by Gasteiger charge is -2.25. The van der Waals surface area contributed by atoms with Crippen LogP contribution in [-0.2, 0) is 10.0 Å². The number of fused-ring (bicyclic) bond motifs is 1. The Morgan fingerprint density at radius 2 is 1.70 bits per heavy atom. The molecule has 0 aromatic heterocycles. The van der Waals surface area contributed by atoms with Crippen molar-refractivity contribution in [2.45, 2.75) is 44.0 Å². The van der Waals surface area contributed by atoms with E-state index in [0.717, 1.165) is 41.7 Å². The van der Waals surface area contributed by atoms with Crippen LogP contribution < -0.4 is 9.47 Å². The van der Waals surface area contributed by atoms with Gasteiger partial charge in [0.2, 0.25) is 10.0 Å². The normalized spacial score (nSPS) is 20.4. The molecule has 0 aliphatic carbocycles. The minimum atomic E-state index is -3.54. The second-order valence-corrected chi connectivity index (χ2v) is 9.17. The minimum Gasteiger partial charge on any atom is -0.490 e. The summed E-state index contributed by atoms with van der Waals surface area (Å²) in [4.78, 5) is 0.367. The number of nitrogens with zero attached hydrogens (tertiary/aromatic N) is 1. The van der Waals surface area contributed by atoms with Gasteiger partial charge in [-0.3, -0.25) is 0 Å². The average Bonchev–Trinajstić information content (AvgIpc) is 3.04. The topological polar surface area (TPSA) is 55.8 Å². The lowest BCUT2D eigenvalue weighted by atomic mass is 10.0. The smallest absolute Gasteiger partial charge is 0.243 e. The lowest BCUT2D eigenvalue weighted by molar-refractivity contribution is 0.296. The van der Waals surface area contributed by atoms with Crippen LogP contribution in [0.25, 0.3) is 0 Å². The van der Waals surface area contributed by atoms with Crippen LogP contribution in [0.4, 0.5) is 0 Å². The molecule has 1 fully saturated rings. The highest BCUT2D eigenvalue weighted by Crippen LogP contribution is 2.40. The second-order valence-electron chi connectivity index (χ2n) is 7.28. The van der Waals surface area contributed by atoms with E-state index in [1.165, 1.54) is 0 Å². The van der Waals surface area contributed by atoms with E-state index >= 15 is 0 Å². The van der Waals surface area contributed by atoms with Gasteiger partial charge in [0.05, 0.1) is 24.2 Å². The lowest BCUT2D eigenvalue weighted by Crippen LogP contribution is -2.30. The summed E-state index contributed by atoms with van der Waals surface area (Å²) in [6.45, 7) is 5.73. The van der Waals surface area contributed by atoms with Gasteiger partial charge in [-0.2, -0.15) is 4.31 Å². The maximum Gasteiger partial charge on any atom is 0.243 e. The largest absolute Gasteiger partial charge is 0.490 e. The zero-order chi connectivity index (χ0) is 19.0. The predicted molar refractivity (Wildman–Crippen MR) is 104 cm³/mol. The molecule has 2 aliphatic heterocycles. The molecular formula is C21H25NO4S. The summed E-state index contributed by atoms with van der Waals surface area (Å²) in [6.07, 6.45) is 2.51. The highest BCUT2D eigenvalue weighted by molar-refractivity contribution is 7.89. The highest BCUT2D eigenvalue weighted by Gasteiger charge is 2.36. The molecule has 6 heteroatoms.